The molecule has 23 heavy (non-hydrogen) atoms. The monoisotopic (exact) mass is 300 g/mol. The molecule has 3 heterocycles. The molecule has 0 spiro atoms. The molecule has 0 aliphatic heterocycles. The number of hydrogen-bond acceptors (Lipinski definition) is 3. The van der Waals surface area contributed by atoms with Crippen molar-refractivity contribution in [1.82, 2.24) is 14.4 Å². The van der Waals surface area contributed by atoms with Gasteiger partial charge in [-0.2, -0.15) is 0 Å². The highest BCUT2D eigenvalue weighted by atomic mass is 15.0. The molecule has 4 aromatic rings. The van der Waals surface area contributed by atoms with Crippen LogP contribution in [0.5, 0.6) is 0 Å². The van der Waals surface area contributed by atoms with E-state index in [1.54, 1.807) is 6.20 Å². The van der Waals surface area contributed by atoms with Crippen molar-refractivity contribution in [2.45, 2.75) is 6.92 Å². The van der Waals surface area contributed by atoms with Crippen LogP contribution < -0.4 is 5.73 Å². The van der Waals surface area contributed by atoms with Crippen molar-refractivity contribution in [1.29, 1.82) is 0 Å². The Bertz CT molecular complexity index is 1000. The lowest BCUT2D eigenvalue weighted by Crippen LogP contribution is -1.91. The smallest absolute Gasteiger partial charge is 0.137 e. The molecule has 0 saturated carbocycles. The van der Waals surface area contributed by atoms with Gasteiger partial charge < -0.3 is 5.73 Å². The first-order valence-corrected chi connectivity index (χ1v) is 7.47. The predicted octanol–water partition coefficient (Wildman–Crippen LogP) is 3.95. The zero-order valence-corrected chi connectivity index (χ0v) is 12.8. The topological polar surface area (TPSA) is 56.2 Å². The summed E-state index contributed by atoms with van der Waals surface area (Å²) in [4.78, 5) is 8.59. The van der Waals surface area contributed by atoms with Gasteiger partial charge in [0.15, 0.2) is 0 Å². The summed E-state index contributed by atoms with van der Waals surface area (Å²) >= 11 is 0. The first-order valence-electron chi connectivity index (χ1n) is 7.47. The maximum Gasteiger partial charge on any atom is 0.137 e. The lowest BCUT2D eigenvalue weighted by molar-refractivity contribution is 1.19. The molecule has 0 saturated heterocycles. The van der Waals surface area contributed by atoms with E-state index in [0.717, 1.165) is 22.5 Å². The van der Waals surface area contributed by atoms with Gasteiger partial charge in [-0.1, -0.05) is 23.8 Å². The lowest BCUT2D eigenvalue weighted by atomic mass is 10.1. The van der Waals surface area contributed by atoms with E-state index < -0.39 is 0 Å². The summed E-state index contributed by atoms with van der Waals surface area (Å²) in [5.74, 6) is 0.520. The Morgan fingerprint density at radius 2 is 1.78 bits per heavy atom. The summed E-state index contributed by atoms with van der Waals surface area (Å²) in [6.07, 6.45) is 5.68. The first-order chi connectivity index (χ1) is 11.2. The number of nitrogens with two attached hydrogens (primary N) is 1. The maximum atomic E-state index is 5.77. The van der Waals surface area contributed by atoms with Gasteiger partial charge in [-0.25, -0.2) is 9.97 Å². The van der Waals surface area contributed by atoms with Crippen molar-refractivity contribution >= 4 is 11.5 Å². The summed E-state index contributed by atoms with van der Waals surface area (Å²) in [7, 11) is 0. The van der Waals surface area contributed by atoms with Crippen molar-refractivity contribution < 1.29 is 0 Å². The van der Waals surface area contributed by atoms with Crippen LogP contribution in [0.25, 0.3) is 28.0 Å². The van der Waals surface area contributed by atoms with E-state index >= 15 is 0 Å². The van der Waals surface area contributed by atoms with Crippen LogP contribution >= 0.6 is 0 Å². The highest BCUT2D eigenvalue weighted by molar-refractivity contribution is 5.72. The third kappa shape index (κ3) is 2.44. The molecule has 0 amide bonds. The normalized spacial score (nSPS) is 11.0. The largest absolute Gasteiger partial charge is 0.384 e. The summed E-state index contributed by atoms with van der Waals surface area (Å²) in [5.41, 5.74) is 12.3. The first kappa shape index (κ1) is 13.5. The molecule has 0 aliphatic carbocycles. The van der Waals surface area contributed by atoms with Gasteiger partial charge in [-0.15, -0.1) is 0 Å². The van der Waals surface area contributed by atoms with Gasteiger partial charge in [0.25, 0.3) is 0 Å². The Balaban J connectivity index is 1.83. The number of nitrogens with zero attached hydrogens (tertiary/aromatic N) is 3. The molecule has 0 unspecified atom stereocenters. The van der Waals surface area contributed by atoms with Crippen LogP contribution in [0.1, 0.15) is 5.56 Å². The van der Waals surface area contributed by atoms with E-state index in [4.69, 9.17) is 5.73 Å². The minimum absolute atomic E-state index is 0.520. The van der Waals surface area contributed by atoms with Crippen molar-refractivity contribution in [2.24, 2.45) is 0 Å². The van der Waals surface area contributed by atoms with Crippen molar-refractivity contribution in [2.75, 3.05) is 5.73 Å². The Labute approximate surface area is 134 Å². The molecule has 4 nitrogen and oxygen atoms in total. The number of fused-ring (bicyclic) bond motifs is 1. The van der Waals surface area contributed by atoms with E-state index in [-0.39, 0.29) is 0 Å². The van der Waals surface area contributed by atoms with E-state index in [0.29, 0.717) is 5.82 Å². The fourth-order valence-electron chi connectivity index (χ4n) is 2.81. The predicted molar refractivity (Wildman–Crippen MR) is 93.0 cm³/mol. The molecule has 2 N–H and O–H groups in total. The third-order valence-corrected chi connectivity index (χ3v) is 3.94. The fraction of sp³-hybridized carbons (Fsp3) is 0.0526. The maximum absolute atomic E-state index is 5.77. The number of nitrogen functional groups attached to an aromatic ring is 1. The number of benzene rings is 1. The third-order valence-electron chi connectivity index (χ3n) is 3.94. The van der Waals surface area contributed by atoms with Gasteiger partial charge >= 0.3 is 0 Å². The Hall–Kier alpha value is -3.14. The van der Waals surface area contributed by atoms with E-state index in [2.05, 4.69) is 57.7 Å². The molecule has 0 bridgehead atoms. The molecule has 3 aromatic heterocycles. The van der Waals surface area contributed by atoms with Crippen LogP contribution in [0.2, 0.25) is 0 Å². The van der Waals surface area contributed by atoms with Crippen molar-refractivity contribution in [3.63, 3.8) is 0 Å². The number of aromatic nitrogens is 3. The highest BCUT2D eigenvalue weighted by Gasteiger charge is 2.07. The number of imidazole rings is 1. The van der Waals surface area contributed by atoms with Crippen LogP contribution in [0, 0.1) is 6.92 Å². The number of hydrogen-bond donors (Lipinski definition) is 1. The van der Waals surface area contributed by atoms with E-state index in [1.807, 2.05) is 24.5 Å². The number of anilines is 1. The molecular weight excluding hydrogens is 284 g/mol. The molecule has 112 valence electrons. The average Bonchev–Trinajstić information content (AvgIpc) is 2.98. The quantitative estimate of drug-likeness (QED) is 0.609. The van der Waals surface area contributed by atoms with Crippen LogP contribution in [-0.4, -0.2) is 14.4 Å². The summed E-state index contributed by atoms with van der Waals surface area (Å²) in [6, 6.07) is 16.4. The molecule has 0 radical (unpaired) electrons. The minimum Gasteiger partial charge on any atom is -0.384 e. The molecule has 1 aromatic carbocycles. The van der Waals surface area contributed by atoms with Gasteiger partial charge in [0.1, 0.15) is 11.5 Å². The van der Waals surface area contributed by atoms with Gasteiger partial charge in [0, 0.05) is 18.0 Å². The van der Waals surface area contributed by atoms with Gasteiger partial charge in [-0.3, -0.25) is 4.40 Å². The number of aryl methyl sites for hydroxylation is 1. The molecule has 4 rings (SSSR count). The summed E-state index contributed by atoms with van der Waals surface area (Å²) < 4.78 is 2.10. The number of rotatable bonds is 2. The van der Waals surface area contributed by atoms with Crippen LogP contribution in [0.4, 0.5) is 5.82 Å². The lowest BCUT2D eigenvalue weighted by Gasteiger charge is -2.06. The van der Waals surface area contributed by atoms with E-state index in [9.17, 15) is 0 Å². The summed E-state index contributed by atoms with van der Waals surface area (Å²) in [5, 5.41) is 0. The SMILES string of the molecule is Cc1cccc(-c2cnc3cc(-c4ccnc(N)c4)ccn23)c1. The Morgan fingerprint density at radius 3 is 2.61 bits per heavy atom. The second-order valence-corrected chi connectivity index (χ2v) is 5.63. The van der Waals surface area contributed by atoms with Gasteiger partial charge in [0.05, 0.1) is 11.9 Å². The standard InChI is InChI=1S/C19H16N4/c1-13-3-2-4-16(9-13)17-12-22-19-11-15(6-8-23(17)19)14-5-7-21-18(20)10-14/h2-12H,1H3,(H2,20,21). The zero-order valence-electron chi connectivity index (χ0n) is 12.8. The fourth-order valence-corrected chi connectivity index (χ4v) is 2.81. The molecular formula is C19H16N4. The minimum atomic E-state index is 0.520. The van der Waals surface area contributed by atoms with Crippen molar-refractivity contribution in [3.05, 3.63) is 72.7 Å². The Kier molecular flexibility index (Phi) is 3.08. The van der Waals surface area contributed by atoms with Crippen LogP contribution in [-0.2, 0) is 0 Å². The van der Waals surface area contributed by atoms with Crippen molar-refractivity contribution in [3.8, 4) is 22.4 Å². The number of pyridine rings is 2. The van der Waals surface area contributed by atoms with Gasteiger partial charge in [-0.05, 0) is 48.4 Å². The zero-order chi connectivity index (χ0) is 15.8. The molecule has 0 fully saturated rings. The van der Waals surface area contributed by atoms with Gasteiger partial charge in [0.2, 0.25) is 0 Å². The van der Waals surface area contributed by atoms with Crippen LogP contribution in [0.3, 0.4) is 0 Å². The molecule has 0 aliphatic rings. The van der Waals surface area contributed by atoms with Crippen LogP contribution in [0.15, 0.2) is 67.1 Å². The highest BCUT2D eigenvalue weighted by Crippen LogP contribution is 2.26. The second kappa shape index (κ2) is 5.25. The Morgan fingerprint density at radius 1 is 0.913 bits per heavy atom. The summed E-state index contributed by atoms with van der Waals surface area (Å²) in [6.45, 7) is 2.10. The molecule has 4 heteroatoms. The second-order valence-electron chi connectivity index (χ2n) is 5.63. The average molecular weight is 300 g/mol. The molecule has 0 atom stereocenters. The van der Waals surface area contributed by atoms with E-state index in [1.165, 1.54) is 11.1 Å².